The fourth-order valence-electron chi connectivity index (χ4n) is 1.83. The summed E-state index contributed by atoms with van der Waals surface area (Å²) in [5.74, 6) is -0.417. The standard InChI is InChI=1S/C13H13N3O2/c1-3-16-8-10(6-14)11-5-9(7-15-12(11)16)13(17)18-4-2/h5,7-8H,3-4H2,1-2H3. The van der Waals surface area contributed by atoms with Crippen LogP contribution in [0.1, 0.15) is 29.8 Å². The lowest BCUT2D eigenvalue weighted by molar-refractivity contribution is 0.0526. The fourth-order valence-corrected chi connectivity index (χ4v) is 1.83. The van der Waals surface area contributed by atoms with Gasteiger partial charge in [-0.3, -0.25) is 0 Å². The van der Waals surface area contributed by atoms with Crippen molar-refractivity contribution in [2.45, 2.75) is 20.4 Å². The molecule has 0 saturated heterocycles. The predicted octanol–water partition coefficient (Wildman–Crippen LogP) is 2.10. The molecule has 5 nitrogen and oxygen atoms in total. The lowest BCUT2D eigenvalue weighted by Gasteiger charge is -2.02. The first-order valence-electron chi connectivity index (χ1n) is 5.77. The van der Waals surface area contributed by atoms with Crippen LogP contribution in [0.4, 0.5) is 0 Å². The second-order valence-corrected chi connectivity index (χ2v) is 3.76. The Balaban J connectivity index is 2.57. The van der Waals surface area contributed by atoms with E-state index in [1.165, 1.54) is 6.20 Å². The molecule has 5 heteroatoms. The zero-order chi connectivity index (χ0) is 13.1. The number of nitriles is 1. The largest absolute Gasteiger partial charge is 0.462 e. The second kappa shape index (κ2) is 4.88. The van der Waals surface area contributed by atoms with Gasteiger partial charge < -0.3 is 9.30 Å². The molecule has 2 heterocycles. The normalized spacial score (nSPS) is 10.3. The highest BCUT2D eigenvalue weighted by molar-refractivity contribution is 5.94. The van der Waals surface area contributed by atoms with Crippen LogP contribution in [-0.4, -0.2) is 22.1 Å². The molecule has 0 fully saturated rings. The van der Waals surface area contributed by atoms with Crippen LogP contribution in [0.25, 0.3) is 11.0 Å². The van der Waals surface area contributed by atoms with Gasteiger partial charge in [-0.15, -0.1) is 0 Å². The Bertz CT molecular complexity index is 637. The molecule has 92 valence electrons. The molecule has 18 heavy (non-hydrogen) atoms. The number of hydrogen-bond donors (Lipinski definition) is 0. The summed E-state index contributed by atoms with van der Waals surface area (Å²) in [6, 6.07) is 3.77. The summed E-state index contributed by atoms with van der Waals surface area (Å²) in [5, 5.41) is 9.76. The Hall–Kier alpha value is -2.35. The number of nitrogens with zero attached hydrogens (tertiary/aromatic N) is 3. The van der Waals surface area contributed by atoms with Crippen molar-refractivity contribution in [1.82, 2.24) is 9.55 Å². The molecule has 2 aromatic rings. The Morgan fingerprint density at radius 1 is 1.56 bits per heavy atom. The number of carbonyl (C=O) groups is 1. The molecule has 0 aliphatic heterocycles. The molecule has 0 radical (unpaired) electrons. The minimum Gasteiger partial charge on any atom is -0.462 e. The number of esters is 1. The maximum absolute atomic E-state index is 11.6. The summed E-state index contributed by atoms with van der Waals surface area (Å²) in [6.07, 6.45) is 3.22. The highest BCUT2D eigenvalue weighted by Crippen LogP contribution is 2.20. The third-order valence-corrected chi connectivity index (χ3v) is 2.69. The van der Waals surface area contributed by atoms with Gasteiger partial charge in [-0.1, -0.05) is 0 Å². The first kappa shape index (κ1) is 12.1. The van der Waals surface area contributed by atoms with Gasteiger partial charge >= 0.3 is 5.97 Å². The zero-order valence-corrected chi connectivity index (χ0v) is 10.3. The van der Waals surface area contributed by atoms with Gasteiger partial charge in [-0.2, -0.15) is 5.26 Å². The first-order valence-corrected chi connectivity index (χ1v) is 5.77. The molecular formula is C13H13N3O2. The van der Waals surface area contributed by atoms with Crippen LogP contribution in [0, 0.1) is 11.3 Å². The van der Waals surface area contributed by atoms with Crippen LogP contribution in [0.5, 0.6) is 0 Å². The number of aromatic nitrogens is 2. The molecular weight excluding hydrogens is 230 g/mol. The van der Waals surface area contributed by atoms with Crippen molar-refractivity contribution in [3.8, 4) is 6.07 Å². The van der Waals surface area contributed by atoms with E-state index in [1.807, 2.05) is 11.5 Å². The van der Waals surface area contributed by atoms with E-state index in [2.05, 4.69) is 11.1 Å². The van der Waals surface area contributed by atoms with Crippen LogP contribution in [0.15, 0.2) is 18.5 Å². The van der Waals surface area contributed by atoms with Crippen molar-refractivity contribution in [2.75, 3.05) is 6.61 Å². The Morgan fingerprint density at radius 3 is 2.94 bits per heavy atom. The summed E-state index contributed by atoms with van der Waals surface area (Å²) in [7, 11) is 0. The topological polar surface area (TPSA) is 67.9 Å². The van der Waals surface area contributed by atoms with Crippen LogP contribution in [0.3, 0.4) is 0 Å². The molecule has 0 N–H and O–H groups in total. The summed E-state index contributed by atoms with van der Waals surface area (Å²) in [4.78, 5) is 15.8. The van der Waals surface area contributed by atoms with E-state index < -0.39 is 5.97 Å². The van der Waals surface area contributed by atoms with Gasteiger partial charge in [0.25, 0.3) is 0 Å². The maximum atomic E-state index is 11.6. The van der Waals surface area contributed by atoms with E-state index in [1.54, 1.807) is 19.2 Å². The van der Waals surface area contributed by atoms with Gasteiger partial charge in [0.05, 0.1) is 17.7 Å². The van der Waals surface area contributed by atoms with Gasteiger partial charge in [0.1, 0.15) is 11.7 Å². The van der Waals surface area contributed by atoms with Crippen LogP contribution in [0.2, 0.25) is 0 Å². The molecule has 0 saturated carbocycles. The van der Waals surface area contributed by atoms with Crippen molar-refractivity contribution < 1.29 is 9.53 Å². The second-order valence-electron chi connectivity index (χ2n) is 3.76. The number of hydrogen-bond acceptors (Lipinski definition) is 4. The van der Waals surface area contributed by atoms with E-state index in [9.17, 15) is 4.79 Å². The molecule has 0 unspecified atom stereocenters. The maximum Gasteiger partial charge on any atom is 0.339 e. The number of carbonyl (C=O) groups excluding carboxylic acids is 1. The number of aryl methyl sites for hydroxylation is 1. The van der Waals surface area contributed by atoms with Crippen molar-refractivity contribution in [1.29, 1.82) is 5.26 Å². The molecule has 2 aromatic heterocycles. The molecule has 0 spiro atoms. The predicted molar refractivity (Wildman–Crippen MR) is 66.1 cm³/mol. The summed E-state index contributed by atoms with van der Waals surface area (Å²) < 4.78 is 6.79. The monoisotopic (exact) mass is 243 g/mol. The summed E-state index contributed by atoms with van der Waals surface area (Å²) in [5.41, 5.74) is 1.60. The van der Waals surface area contributed by atoms with Crippen LogP contribution < -0.4 is 0 Å². The molecule has 0 bridgehead atoms. The number of ether oxygens (including phenoxy) is 1. The number of fused-ring (bicyclic) bond motifs is 1. The van der Waals surface area contributed by atoms with Gasteiger partial charge in [-0.05, 0) is 19.9 Å². The van der Waals surface area contributed by atoms with Crippen molar-refractivity contribution in [2.24, 2.45) is 0 Å². The smallest absolute Gasteiger partial charge is 0.339 e. The van der Waals surface area contributed by atoms with Gasteiger partial charge in [0.2, 0.25) is 0 Å². The van der Waals surface area contributed by atoms with E-state index >= 15 is 0 Å². The van der Waals surface area contributed by atoms with E-state index in [4.69, 9.17) is 10.00 Å². The first-order chi connectivity index (χ1) is 8.71. The van der Waals surface area contributed by atoms with Gasteiger partial charge in [0.15, 0.2) is 0 Å². The van der Waals surface area contributed by atoms with E-state index in [0.717, 1.165) is 6.54 Å². The fraction of sp³-hybridized carbons (Fsp3) is 0.308. The SMILES string of the molecule is CCOC(=O)c1cnc2c(c1)c(C#N)cn2CC. The molecule has 0 aliphatic rings. The number of pyridine rings is 1. The van der Waals surface area contributed by atoms with Crippen LogP contribution in [-0.2, 0) is 11.3 Å². The zero-order valence-electron chi connectivity index (χ0n) is 10.3. The average Bonchev–Trinajstić information content (AvgIpc) is 2.76. The average molecular weight is 243 g/mol. The highest BCUT2D eigenvalue weighted by atomic mass is 16.5. The summed E-state index contributed by atoms with van der Waals surface area (Å²) >= 11 is 0. The Morgan fingerprint density at radius 2 is 2.33 bits per heavy atom. The molecule has 0 aromatic carbocycles. The minimum absolute atomic E-state index is 0.317. The van der Waals surface area contributed by atoms with Gasteiger partial charge in [-0.25, -0.2) is 9.78 Å². The lowest BCUT2D eigenvalue weighted by atomic mass is 10.2. The van der Waals surface area contributed by atoms with Crippen molar-refractivity contribution in [3.05, 3.63) is 29.6 Å². The van der Waals surface area contributed by atoms with Crippen molar-refractivity contribution in [3.63, 3.8) is 0 Å². The molecule has 2 rings (SSSR count). The Labute approximate surface area is 105 Å². The third kappa shape index (κ3) is 1.93. The van der Waals surface area contributed by atoms with E-state index in [-0.39, 0.29) is 0 Å². The molecule has 0 amide bonds. The highest BCUT2D eigenvalue weighted by Gasteiger charge is 2.13. The molecule has 0 aliphatic carbocycles. The van der Waals surface area contributed by atoms with Crippen LogP contribution >= 0.6 is 0 Å². The van der Waals surface area contributed by atoms with E-state index in [0.29, 0.717) is 28.8 Å². The lowest BCUT2D eigenvalue weighted by Crippen LogP contribution is -2.05. The van der Waals surface area contributed by atoms with Gasteiger partial charge in [0, 0.05) is 24.3 Å². The quantitative estimate of drug-likeness (QED) is 0.774. The molecule has 0 atom stereocenters. The third-order valence-electron chi connectivity index (χ3n) is 2.69. The summed E-state index contributed by atoms with van der Waals surface area (Å²) in [6.45, 7) is 4.77. The van der Waals surface area contributed by atoms with Crippen molar-refractivity contribution >= 4 is 17.0 Å². The number of rotatable bonds is 3. The minimum atomic E-state index is -0.417. The Kier molecular flexibility index (Phi) is 3.28.